The molecule has 1 fully saturated rings. The number of piperidine rings is 1. The van der Waals surface area contributed by atoms with Crippen LogP contribution in [0.4, 0.5) is 0 Å². The van der Waals surface area contributed by atoms with Crippen LogP contribution in [0.3, 0.4) is 0 Å². The molecule has 1 saturated heterocycles. The molecule has 0 radical (unpaired) electrons. The molecule has 0 amide bonds. The van der Waals surface area contributed by atoms with Crippen LogP contribution in [0.1, 0.15) is 18.4 Å². The van der Waals surface area contributed by atoms with E-state index in [2.05, 4.69) is 15.1 Å². The second-order valence-corrected chi connectivity index (χ2v) is 5.51. The predicted octanol–water partition coefficient (Wildman–Crippen LogP) is 2.04. The van der Waals surface area contributed by atoms with Gasteiger partial charge in [0.1, 0.15) is 5.75 Å². The molecule has 0 aliphatic carbocycles. The Labute approximate surface area is 124 Å². The lowest BCUT2D eigenvalue weighted by molar-refractivity contribution is 0.0793. The number of rotatable bonds is 4. The molecule has 0 bridgehead atoms. The SMILES string of the molecule is COc1ccc(-c2[nH]ncc2CN2CCC(O)CC2)cc1. The highest BCUT2D eigenvalue weighted by atomic mass is 16.5. The quantitative estimate of drug-likeness (QED) is 0.903. The van der Waals surface area contributed by atoms with Gasteiger partial charge in [-0.25, -0.2) is 0 Å². The molecule has 2 aromatic rings. The number of likely N-dealkylation sites (tertiary alicyclic amines) is 1. The minimum Gasteiger partial charge on any atom is -0.497 e. The Morgan fingerprint density at radius 3 is 2.67 bits per heavy atom. The largest absolute Gasteiger partial charge is 0.497 e. The number of aromatic nitrogens is 2. The first-order valence-electron chi connectivity index (χ1n) is 7.33. The highest BCUT2D eigenvalue weighted by Crippen LogP contribution is 2.25. The second kappa shape index (κ2) is 6.28. The molecule has 3 rings (SSSR count). The Morgan fingerprint density at radius 1 is 1.29 bits per heavy atom. The minimum absolute atomic E-state index is 0.133. The Kier molecular flexibility index (Phi) is 4.22. The van der Waals surface area contributed by atoms with Gasteiger partial charge in [0.2, 0.25) is 0 Å². The third kappa shape index (κ3) is 3.25. The number of aliphatic hydroxyl groups is 1. The number of H-pyrrole nitrogens is 1. The number of hydrogen-bond acceptors (Lipinski definition) is 4. The van der Waals surface area contributed by atoms with E-state index in [1.54, 1.807) is 7.11 Å². The van der Waals surface area contributed by atoms with Crippen LogP contribution in [-0.2, 0) is 6.54 Å². The van der Waals surface area contributed by atoms with Crippen molar-refractivity contribution >= 4 is 0 Å². The van der Waals surface area contributed by atoms with Crippen LogP contribution in [0, 0.1) is 0 Å². The molecule has 0 spiro atoms. The number of benzene rings is 1. The summed E-state index contributed by atoms with van der Waals surface area (Å²) in [6.45, 7) is 2.74. The molecule has 1 aliphatic rings. The van der Waals surface area contributed by atoms with Crippen LogP contribution >= 0.6 is 0 Å². The fourth-order valence-electron chi connectivity index (χ4n) is 2.76. The van der Waals surface area contributed by atoms with Crippen LogP contribution in [-0.4, -0.2) is 46.5 Å². The molecular formula is C16H21N3O2. The number of hydrogen-bond donors (Lipinski definition) is 2. The summed E-state index contributed by atoms with van der Waals surface area (Å²) in [5, 5.41) is 16.9. The average Bonchev–Trinajstić information content (AvgIpc) is 2.98. The van der Waals surface area contributed by atoms with Crippen LogP contribution in [0.5, 0.6) is 5.75 Å². The van der Waals surface area contributed by atoms with Crippen LogP contribution in [0.15, 0.2) is 30.5 Å². The molecule has 21 heavy (non-hydrogen) atoms. The first-order chi connectivity index (χ1) is 10.3. The number of methoxy groups -OCH3 is 1. The van der Waals surface area contributed by atoms with Gasteiger partial charge in [-0.1, -0.05) is 0 Å². The molecular weight excluding hydrogens is 266 g/mol. The maximum Gasteiger partial charge on any atom is 0.118 e. The average molecular weight is 287 g/mol. The minimum atomic E-state index is -0.133. The van der Waals surface area contributed by atoms with Crippen LogP contribution in [0.25, 0.3) is 11.3 Å². The van der Waals surface area contributed by atoms with E-state index in [1.807, 2.05) is 30.5 Å². The molecule has 2 heterocycles. The highest BCUT2D eigenvalue weighted by Gasteiger charge is 2.19. The fourth-order valence-corrected chi connectivity index (χ4v) is 2.76. The van der Waals surface area contributed by atoms with Crippen molar-refractivity contribution in [1.29, 1.82) is 0 Å². The topological polar surface area (TPSA) is 61.4 Å². The molecule has 1 aliphatic heterocycles. The summed E-state index contributed by atoms with van der Waals surface area (Å²) < 4.78 is 5.19. The first kappa shape index (κ1) is 14.1. The standard InChI is InChI=1S/C16H21N3O2/c1-21-15-4-2-12(3-5-15)16-13(10-17-18-16)11-19-8-6-14(20)7-9-19/h2-5,10,14,20H,6-9,11H2,1H3,(H,17,18). The van der Waals surface area contributed by atoms with Gasteiger partial charge in [-0.15, -0.1) is 0 Å². The summed E-state index contributed by atoms with van der Waals surface area (Å²) in [7, 11) is 1.67. The van der Waals surface area contributed by atoms with Gasteiger partial charge >= 0.3 is 0 Å². The monoisotopic (exact) mass is 287 g/mol. The van der Waals surface area contributed by atoms with Gasteiger partial charge < -0.3 is 9.84 Å². The zero-order valence-electron chi connectivity index (χ0n) is 12.2. The van der Waals surface area contributed by atoms with Gasteiger partial charge in [-0.2, -0.15) is 5.10 Å². The second-order valence-electron chi connectivity index (χ2n) is 5.51. The van der Waals surface area contributed by atoms with E-state index in [-0.39, 0.29) is 6.10 Å². The van der Waals surface area contributed by atoms with Crippen molar-refractivity contribution < 1.29 is 9.84 Å². The summed E-state index contributed by atoms with van der Waals surface area (Å²) in [4.78, 5) is 2.37. The zero-order valence-corrected chi connectivity index (χ0v) is 12.2. The smallest absolute Gasteiger partial charge is 0.118 e. The first-order valence-corrected chi connectivity index (χ1v) is 7.33. The predicted molar refractivity (Wildman–Crippen MR) is 81.1 cm³/mol. The van der Waals surface area contributed by atoms with E-state index in [9.17, 15) is 5.11 Å². The summed E-state index contributed by atoms with van der Waals surface area (Å²) in [5.74, 6) is 0.852. The molecule has 1 aromatic heterocycles. The van der Waals surface area contributed by atoms with E-state index >= 15 is 0 Å². The number of nitrogens with zero attached hydrogens (tertiary/aromatic N) is 2. The molecule has 1 aromatic carbocycles. The number of aromatic amines is 1. The van der Waals surface area contributed by atoms with Crippen molar-refractivity contribution in [2.45, 2.75) is 25.5 Å². The van der Waals surface area contributed by atoms with E-state index in [4.69, 9.17) is 4.74 Å². The molecule has 0 saturated carbocycles. The summed E-state index contributed by atoms with van der Waals surface area (Å²) in [6, 6.07) is 7.99. The van der Waals surface area contributed by atoms with Crippen molar-refractivity contribution in [3.8, 4) is 17.0 Å². The van der Waals surface area contributed by atoms with Crippen molar-refractivity contribution in [1.82, 2.24) is 15.1 Å². The van der Waals surface area contributed by atoms with E-state index in [1.165, 1.54) is 5.56 Å². The molecule has 2 N–H and O–H groups in total. The number of ether oxygens (including phenoxy) is 1. The van der Waals surface area contributed by atoms with Gasteiger partial charge in [0.15, 0.2) is 0 Å². The lowest BCUT2D eigenvalue weighted by atomic mass is 10.0. The van der Waals surface area contributed by atoms with Crippen LogP contribution in [0.2, 0.25) is 0 Å². The Morgan fingerprint density at radius 2 is 2.00 bits per heavy atom. The normalized spacial score (nSPS) is 17.0. The van der Waals surface area contributed by atoms with Gasteiger partial charge in [0, 0.05) is 30.8 Å². The highest BCUT2D eigenvalue weighted by molar-refractivity contribution is 5.63. The Balaban J connectivity index is 1.74. The molecule has 5 nitrogen and oxygen atoms in total. The van der Waals surface area contributed by atoms with Gasteiger partial charge in [-0.05, 0) is 37.1 Å². The van der Waals surface area contributed by atoms with Gasteiger partial charge in [0.25, 0.3) is 0 Å². The lowest BCUT2D eigenvalue weighted by Gasteiger charge is -2.29. The summed E-state index contributed by atoms with van der Waals surface area (Å²) in [5.41, 5.74) is 3.36. The molecule has 0 unspecified atom stereocenters. The van der Waals surface area contributed by atoms with E-state index in [0.29, 0.717) is 0 Å². The summed E-state index contributed by atoms with van der Waals surface area (Å²) >= 11 is 0. The fraction of sp³-hybridized carbons (Fsp3) is 0.438. The van der Waals surface area contributed by atoms with Gasteiger partial charge in [0.05, 0.1) is 25.1 Å². The van der Waals surface area contributed by atoms with Crippen LogP contribution < -0.4 is 4.74 Å². The Hall–Kier alpha value is -1.85. The molecule has 0 atom stereocenters. The number of aliphatic hydroxyl groups excluding tert-OH is 1. The zero-order chi connectivity index (χ0) is 14.7. The van der Waals surface area contributed by atoms with Crippen molar-refractivity contribution in [3.05, 3.63) is 36.0 Å². The summed E-state index contributed by atoms with van der Waals surface area (Å²) in [6.07, 6.45) is 3.47. The molecule has 112 valence electrons. The lowest BCUT2D eigenvalue weighted by Crippen LogP contribution is -2.35. The van der Waals surface area contributed by atoms with Crippen molar-refractivity contribution in [2.24, 2.45) is 0 Å². The van der Waals surface area contributed by atoms with Crippen molar-refractivity contribution in [3.63, 3.8) is 0 Å². The van der Waals surface area contributed by atoms with Gasteiger partial charge in [-0.3, -0.25) is 10.00 Å². The third-order valence-electron chi connectivity index (χ3n) is 4.05. The molecule has 5 heteroatoms. The number of nitrogens with one attached hydrogen (secondary N) is 1. The van der Waals surface area contributed by atoms with E-state index < -0.39 is 0 Å². The van der Waals surface area contributed by atoms with E-state index in [0.717, 1.165) is 49.5 Å². The van der Waals surface area contributed by atoms with Crippen molar-refractivity contribution in [2.75, 3.05) is 20.2 Å². The Bertz CT molecular complexity index is 571. The maximum absolute atomic E-state index is 9.58. The third-order valence-corrected chi connectivity index (χ3v) is 4.05. The maximum atomic E-state index is 9.58.